The van der Waals surface area contributed by atoms with Gasteiger partial charge in [-0.15, -0.1) is 0 Å². The Morgan fingerprint density at radius 1 is 1.47 bits per heavy atom. The fourth-order valence-electron chi connectivity index (χ4n) is 1.71. The van der Waals surface area contributed by atoms with Gasteiger partial charge >= 0.3 is 5.97 Å². The van der Waals surface area contributed by atoms with Crippen LogP contribution in [0.25, 0.3) is 0 Å². The number of rotatable bonds is 2. The Morgan fingerprint density at radius 2 is 2.13 bits per heavy atom. The average molecular weight is 226 g/mol. The molecule has 1 aliphatic rings. The van der Waals surface area contributed by atoms with Crippen LogP contribution in [0.1, 0.15) is 6.42 Å². The van der Waals surface area contributed by atoms with Crippen molar-refractivity contribution >= 4 is 23.3 Å². The van der Waals surface area contributed by atoms with Crippen LogP contribution in [0.15, 0.2) is 24.3 Å². The molecule has 3 nitrogen and oxygen atoms in total. The summed E-state index contributed by atoms with van der Waals surface area (Å²) in [4.78, 5) is 13.4. The molecule has 2 rings (SSSR count). The van der Waals surface area contributed by atoms with Gasteiger partial charge in [0.2, 0.25) is 0 Å². The lowest BCUT2D eigenvalue weighted by Crippen LogP contribution is -2.53. The zero-order valence-corrected chi connectivity index (χ0v) is 9.20. The molecule has 80 valence electrons. The average Bonchev–Trinajstić information content (AvgIpc) is 2.19. The number of esters is 1. The molecule has 1 unspecified atom stereocenters. The summed E-state index contributed by atoms with van der Waals surface area (Å²) >= 11 is 5.79. The first-order valence-corrected chi connectivity index (χ1v) is 5.20. The molecule has 0 N–H and O–H groups in total. The molecule has 0 saturated carbocycles. The molecule has 0 amide bonds. The van der Waals surface area contributed by atoms with Crippen LogP contribution in [-0.2, 0) is 9.53 Å². The van der Waals surface area contributed by atoms with Crippen LogP contribution in [0.3, 0.4) is 0 Å². The van der Waals surface area contributed by atoms with Crippen LogP contribution in [0.2, 0.25) is 5.02 Å². The van der Waals surface area contributed by atoms with E-state index >= 15 is 0 Å². The Balaban J connectivity index is 2.12. The largest absolute Gasteiger partial charge is 0.467 e. The lowest BCUT2D eigenvalue weighted by atomic mass is 10.0. The predicted octanol–water partition coefficient (Wildman–Crippen LogP) is 2.09. The smallest absolute Gasteiger partial charge is 0.328 e. The van der Waals surface area contributed by atoms with Crippen molar-refractivity contribution in [3.05, 3.63) is 29.3 Å². The van der Waals surface area contributed by atoms with Gasteiger partial charge in [-0.1, -0.05) is 11.6 Å². The van der Waals surface area contributed by atoms with Crippen molar-refractivity contribution in [2.75, 3.05) is 18.6 Å². The Kier molecular flexibility index (Phi) is 2.82. The van der Waals surface area contributed by atoms with E-state index in [2.05, 4.69) is 0 Å². The number of hydrogen-bond donors (Lipinski definition) is 0. The van der Waals surface area contributed by atoms with Gasteiger partial charge in [0.25, 0.3) is 0 Å². The zero-order valence-electron chi connectivity index (χ0n) is 8.44. The highest BCUT2D eigenvalue weighted by molar-refractivity contribution is 6.30. The van der Waals surface area contributed by atoms with E-state index in [0.29, 0.717) is 5.02 Å². The highest BCUT2D eigenvalue weighted by Crippen LogP contribution is 2.28. The van der Waals surface area contributed by atoms with E-state index in [1.54, 1.807) is 0 Å². The zero-order chi connectivity index (χ0) is 10.8. The van der Waals surface area contributed by atoms with Crippen molar-refractivity contribution in [1.29, 1.82) is 0 Å². The summed E-state index contributed by atoms with van der Waals surface area (Å²) in [6.45, 7) is 0.890. The van der Waals surface area contributed by atoms with Crippen LogP contribution < -0.4 is 4.90 Å². The van der Waals surface area contributed by atoms with Gasteiger partial charge in [0.1, 0.15) is 6.04 Å². The summed E-state index contributed by atoms with van der Waals surface area (Å²) < 4.78 is 4.72. The molecule has 0 aromatic heterocycles. The van der Waals surface area contributed by atoms with Gasteiger partial charge in [-0.2, -0.15) is 0 Å². The third kappa shape index (κ3) is 1.92. The van der Waals surface area contributed by atoms with Crippen LogP contribution in [0.5, 0.6) is 0 Å². The minimum atomic E-state index is -0.170. The van der Waals surface area contributed by atoms with Gasteiger partial charge in [-0.25, -0.2) is 4.79 Å². The third-order valence-electron chi connectivity index (χ3n) is 2.65. The number of methoxy groups -OCH3 is 1. The molecule has 1 heterocycles. The first kappa shape index (κ1) is 10.3. The molecular formula is C11H12ClNO2. The molecule has 4 heteroatoms. The summed E-state index contributed by atoms with van der Waals surface area (Å²) in [6, 6.07) is 7.35. The van der Waals surface area contributed by atoms with Gasteiger partial charge in [0.15, 0.2) is 0 Å². The molecule has 0 spiro atoms. The van der Waals surface area contributed by atoms with Crippen molar-refractivity contribution in [2.24, 2.45) is 0 Å². The molecule has 1 aromatic carbocycles. The second-order valence-corrected chi connectivity index (χ2v) is 3.93. The first-order valence-electron chi connectivity index (χ1n) is 4.82. The highest BCUT2D eigenvalue weighted by atomic mass is 35.5. The van der Waals surface area contributed by atoms with E-state index in [1.807, 2.05) is 29.2 Å². The molecule has 1 atom stereocenters. The number of benzene rings is 1. The maximum absolute atomic E-state index is 11.4. The summed E-state index contributed by atoms with van der Waals surface area (Å²) in [5, 5.41) is 0.703. The van der Waals surface area contributed by atoms with Gasteiger partial charge in [-0.3, -0.25) is 0 Å². The Bertz CT molecular complexity index is 363. The number of halogens is 1. The van der Waals surface area contributed by atoms with Crippen molar-refractivity contribution in [1.82, 2.24) is 0 Å². The van der Waals surface area contributed by atoms with E-state index in [9.17, 15) is 4.79 Å². The normalized spacial score (nSPS) is 19.6. The van der Waals surface area contributed by atoms with Crippen molar-refractivity contribution in [2.45, 2.75) is 12.5 Å². The van der Waals surface area contributed by atoms with E-state index in [4.69, 9.17) is 16.3 Å². The maximum atomic E-state index is 11.4. The Hall–Kier alpha value is -1.22. The summed E-state index contributed by atoms with van der Waals surface area (Å²) in [5.41, 5.74) is 1.01. The van der Waals surface area contributed by atoms with Crippen LogP contribution in [-0.4, -0.2) is 25.7 Å². The Morgan fingerprint density at radius 3 is 2.60 bits per heavy atom. The standard InChI is InChI=1S/C11H12ClNO2/c1-15-11(14)10-6-7-13(10)9-4-2-8(12)3-5-9/h2-5,10H,6-7H2,1H3. The lowest BCUT2D eigenvalue weighted by molar-refractivity contribution is -0.143. The van der Waals surface area contributed by atoms with Crippen molar-refractivity contribution in [3.8, 4) is 0 Å². The monoisotopic (exact) mass is 225 g/mol. The quantitative estimate of drug-likeness (QED) is 0.722. The van der Waals surface area contributed by atoms with Gasteiger partial charge in [-0.05, 0) is 30.7 Å². The minimum Gasteiger partial charge on any atom is -0.467 e. The lowest BCUT2D eigenvalue weighted by Gasteiger charge is -2.40. The predicted molar refractivity (Wildman–Crippen MR) is 59.2 cm³/mol. The molecule has 15 heavy (non-hydrogen) atoms. The minimum absolute atomic E-state index is 0.129. The molecule has 0 bridgehead atoms. The summed E-state index contributed by atoms with van der Waals surface area (Å²) in [6.07, 6.45) is 0.856. The summed E-state index contributed by atoms with van der Waals surface area (Å²) in [5.74, 6) is -0.170. The third-order valence-corrected chi connectivity index (χ3v) is 2.90. The number of carbonyl (C=O) groups excluding carboxylic acids is 1. The van der Waals surface area contributed by atoms with Gasteiger partial charge in [0.05, 0.1) is 7.11 Å². The molecule has 1 aromatic rings. The SMILES string of the molecule is COC(=O)C1CCN1c1ccc(Cl)cc1. The second-order valence-electron chi connectivity index (χ2n) is 3.50. The molecule has 0 aliphatic carbocycles. The van der Waals surface area contributed by atoms with E-state index in [-0.39, 0.29) is 12.0 Å². The number of nitrogens with zero attached hydrogens (tertiary/aromatic N) is 1. The van der Waals surface area contributed by atoms with Crippen LogP contribution >= 0.6 is 11.6 Å². The van der Waals surface area contributed by atoms with E-state index < -0.39 is 0 Å². The summed E-state index contributed by atoms with van der Waals surface area (Å²) in [7, 11) is 1.42. The number of ether oxygens (including phenoxy) is 1. The topological polar surface area (TPSA) is 29.5 Å². The fraction of sp³-hybridized carbons (Fsp3) is 0.364. The van der Waals surface area contributed by atoms with Crippen LogP contribution in [0, 0.1) is 0 Å². The fourth-order valence-corrected chi connectivity index (χ4v) is 1.84. The van der Waals surface area contributed by atoms with E-state index in [1.165, 1.54) is 7.11 Å². The highest BCUT2D eigenvalue weighted by Gasteiger charge is 2.34. The molecular weight excluding hydrogens is 214 g/mol. The Labute approximate surface area is 93.6 Å². The molecule has 1 saturated heterocycles. The maximum Gasteiger partial charge on any atom is 0.328 e. The molecule has 1 fully saturated rings. The van der Waals surface area contributed by atoms with Crippen LogP contribution in [0.4, 0.5) is 5.69 Å². The van der Waals surface area contributed by atoms with Gasteiger partial charge in [0, 0.05) is 17.3 Å². The number of carbonyl (C=O) groups is 1. The first-order chi connectivity index (χ1) is 7.22. The number of anilines is 1. The van der Waals surface area contributed by atoms with Crippen molar-refractivity contribution in [3.63, 3.8) is 0 Å². The van der Waals surface area contributed by atoms with Crippen molar-refractivity contribution < 1.29 is 9.53 Å². The van der Waals surface area contributed by atoms with E-state index in [0.717, 1.165) is 18.7 Å². The molecule has 1 aliphatic heterocycles. The number of hydrogen-bond acceptors (Lipinski definition) is 3. The second kappa shape index (κ2) is 4.11. The molecule has 0 radical (unpaired) electrons. The van der Waals surface area contributed by atoms with Gasteiger partial charge < -0.3 is 9.64 Å².